The summed E-state index contributed by atoms with van der Waals surface area (Å²) >= 11 is 0. The van der Waals surface area contributed by atoms with Crippen LogP contribution in [0.2, 0.25) is 0 Å². The van der Waals surface area contributed by atoms with Crippen LogP contribution >= 0.6 is 0 Å². The molecule has 3 aliphatic rings. The molecule has 44 heavy (non-hydrogen) atoms. The number of aliphatic carboxylic acids is 1. The van der Waals surface area contributed by atoms with E-state index >= 15 is 0 Å². The lowest BCUT2D eigenvalue weighted by molar-refractivity contribution is -0.138. The van der Waals surface area contributed by atoms with Gasteiger partial charge in [0.15, 0.2) is 0 Å². The number of nitrogens with one attached hydrogen (secondary N) is 1. The molecule has 0 unspecified atom stereocenters. The molecular weight excluding hydrogens is 554 g/mol. The second-order valence-corrected chi connectivity index (χ2v) is 12.3. The summed E-state index contributed by atoms with van der Waals surface area (Å²) in [5.41, 5.74) is 3.92. The Kier molecular flexibility index (Phi) is 7.59. The van der Waals surface area contributed by atoms with Gasteiger partial charge in [-0.2, -0.15) is 0 Å². The van der Waals surface area contributed by atoms with Gasteiger partial charge in [-0.3, -0.25) is 14.5 Å². The van der Waals surface area contributed by atoms with Crippen molar-refractivity contribution in [2.45, 2.75) is 63.2 Å². The Labute approximate surface area is 256 Å². The molecule has 1 amide bonds. The highest BCUT2D eigenvalue weighted by atomic mass is 16.4. The number of anilines is 3. The van der Waals surface area contributed by atoms with Gasteiger partial charge in [0.25, 0.3) is 0 Å². The zero-order valence-electron chi connectivity index (χ0n) is 24.8. The van der Waals surface area contributed by atoms with Crippen LogP contribution in [0, 0.1) is 0 Å². The lowest BCUT2D eigenvalue weighted by Crippen LogP contribution is -2.48. The van der Waals surface area contributed by atoms with Crippen molar-refractivity contribution in [1.82, 2.24) is 19.9 Å². The molecule has 2 aromatic heterocycles. The minimum absolute atomic E-state index is 0.0554. The molecule has 4 aromatic rings. The smallest absolute Gasteiger partial charge is 0.317 e. The van der Waals surface area contributed by atoms with Crippen molar-refractivity contribution in [3.05, 3.63) is 73.1 Å². The Hall–Kier alpha value is -4.57. The van der Waals surface area contributed by atoms with E-state index in [0.29, 0.717) is 12.0 Å². The van der Waals surface area contributed by atoms with Crippen molar-refractivity contribution in [2.24, 2.45) is 0 Å². The molecule has 2 saturated heterocycles. The van der Waals surface area contributed by atoms with Gasteiger partial charge >= 0.3 is 5.97 Å². The number of rotatable bonds is 8. The SMILES string of the molecule is CC(=O)N(c1ccc(-c2ccc(N3C[C@@H]4C[C@H]3CN4CC(=O)O)nc2)cc1)C1CCC(Nc2ncc3ccccc3n2)CC1. The number of carboxylic acids is 1. The average Bonchev–Trinajstić information content (AvgIpc) is 3.63. The van der Waals surface area contributed by atoms with E-state index in [9.17, 15) is 9.59 Å². The summed E-state index contributed by atoms with van der Waals surface area (Å²) in [5, 5.41) is 13.7. The molecule has 0 spiro atoms. The van der Waals surface area contributed by atoms with Crippen LogP contribution in [0.25, 0.3) is 22.0 Å². The number of carbonyl (C=O) groups excluding carboxylic acids is 1. The van der Waals surface area contributed by atoms with E-state index in [4.69, 9.17) is 10.1 Å². The van der Waals surface area contributed by atoms with E-state index in [2.05, 4.69) is 49.4 Å². The number of likely N-dealkylation sites (tertiary alicyclic amines) is 1. The molecule has 2 aliphatic heterocycles. The van der Waals surface area contributed by atoms with Gasteiger partial charge in [0, 0.05) is 73.2 Å². The van der Waals surface area contributed by atoms with Crippen molar-refractivity contribution >= 4 is 40.2 Å². The van der Waals surface area contributed by atoms with Crippen LogP contribution in [-0.4, -0.2) is 80.6 Å². The summed E-state index contributed by atoms with van der Waals surface area (Å²) in [5.74, 6) is 0.883. The molecule has 3 fully saturated rings. The van der Waals surface area contributed by atoms with Crippen LogP contribution in [0.4, 0.5) is 17.5 Å². The fourth-order valence-electron chi connectivity index (χ4n) is 7.29. The highest BCUT2D eigenvalue weighted by Crippen LogP contribution is 2.35. The summed E-state index contributed by atoms with van der Waals surface area (Å²) in [6, 6.07) is 21.3. The van der Waals surface area contributed by atoms with Crippen LogP contribution in [0.1, 0.15) is 39.0 Å². The number of aromatic nitrogens is 3. The fourth-order valence-corrected chi connectivity index (χ4v) is 7.29. The second kappa shape index (κ2) is 11.8. The summed E-state index contributed by atoms with van der Waals surface area (Å²) in [6.07, 6.45) is 8.45. The van der Waals surface area contributed by atoms with Crippen LogP contribution in [-0.2, 0) is 9.59 Å². The first-order chi connectivity index (χ1) is 21.4. The van der Waals surface area contributed by atoms with Gasteiger partial charge in [0.1, 0.15) is 5.82 Å². The predicted octanol–water partition coefficient (Wildman–Crippen LogP) is 4.82. The molecule has 10 heteroatoms. The van der Waals surface area contributed by atoms with Gasteiger partial charge in [-0.1, -0.05) is 30.3 Å². The fraction of sp³-hybridized carbons (Fsp3) is 0.382. The lowest BCUT2D eigenvalue weighted by atomic mass is 9.89. The van der Waals surface area contributed by atoms with Crippen molar-refractivity contribution in [2.75, 3.05) is 34.8 Å². The third kappa shape index (κ3) is 5.69. The van der Waals surface area contributed by atoms with E-state index in [1.165, 1.54) is 0 Å². The Morgan fingerprint density at radius 1 is 0.909 bits per heavy atom. The molecule has 2 aromatic carbocycles. The van der Waals surface area contributed by atoms with Gasteiger partial charge in [-0.15, -0.1) is 0 Å². The predicted molar refractivity (Wildman–Crippen MR) is 171 cm³/mol. The van der Waals surface area contributed by atoms with Gasteiger partial charge in [0.2, 0.25) is 11.9 Å². The van der Waals surface area contributed by atoms with Gasteiger partial charge < -0.3 is 20.2 Å². The maximum atomic E-state index is 12.8. The molecular formula is C34H37N7O3. The summed E-state index contributed by atoms with van der Waals surface area (Å²) in [6.45, 7) is 3.34. The maximum absolute atomic E-state index is 12.8. The molecule has 4 heterocycles. The summed E-state index contributed by atoms with van der Waals surface area (Å²) < 4.78 is 0. The number of carbonyl (C=O) groups is 2. The van der Waals surface area contributed by atoms with Crippen molar-refractivity contribution in [3.8, 4) is 11.1 Å². The number of benzene rings is 2. The molecule has 2 N–H and O–H groups in total. The second-order valence-electron chi connectivity index (χ2n) is 12.3. The normalized spacial score (nSPS) is 23.2. The number of carboxylic acid groups (broad SMARTS) is 1. The number of para-hydroxylation sites is 1. The van der Waals surface area contributed by atoms with Crippen molar-refractivity contribution < 1.29 is 14.7 Å². The highest BCUT2D eigenvalue weighted by molar-refractivity contribution is 5.92. The molecule has 0 radical (unpaired) electrons. The number of hydrogen-bond donors (Lipinski definition) is 2. The molecule has 2 bridgehead atoms. The van der Waals surface area contributed by atoms with Crippen LogP contribution in [0.15, 0.2) is 73.1 Å². The lowest BCUT2D eigenvalue weighted by Gasteiger charge is -2.36. The standard InChI is InChI=1S/C34H37N7O3/c1-22(42)41(28-13-9-26(10-14-28)37-34-36-18-25-4-2-3-5-31(25)38-34)27-11-6-23(7-12-27)24-8-15-32(35-17-24)40-20-29-16-30(40)19-39(29)21-33(43)44/h2-8,11-12,15,17-18,26,28-30H,9-10,13-14,16,19-21H2,1H3,(H,43,44)(H,36,37,38)/t26?,28?,29-,30-/m0/s1. The molecule has 10 nitrogen and oxygen atoms in total. The topological polar surface area (TPSA) is 115 Å². The van der Waals surface area contributed by atoms with Gasteiger partial charge in [-0.25, -0.2) is 15.0 Å². The van der Waals surface area contributed by atoms with E-state index in [1.807, 2.05) is 53.7 Å². The zero-order chi connectivity index (χ0) is 30.2. The van der Waals surface area contributed by atoms with E-state index in [1.54, 1.807) is 6.92 Å². The zero-order valence-corrected chi connectivity index (χ0v) is 24.8. The van der Waals surface area contributed by atoms with Crippen molar-refractivity contribution in [3.63, 3.8) is 0 Å². The summed E-state index contributed by atoms with van der Waals surface area (Å²) in [7, 11) is 0. The van der Waals surface area contributed by atoms with Crippen molar-refractivity contribution in [1.29, 1.82) is 0 Å². The van der Waals surface area contributed by atoms with E-state index < -0.39 is 5.97 Å². The highest BCUT2D eigenvalue weighted by Gasteiger charge is 2.44. The Balaban J connectivity index is 0.966. The monoisotopic (exact) mass is 591 g/mol. The maximum Gasteiger partial charge on any atom is 0.317 e. The third-order valence-electron chi connectivity index (χ3n) is 9.44. The molecule has 226 valence electrons. The minimum Gasteiger partial charge on any atom is -0.480 e. The molecule has 7 rings (SSSR count). The number of fused-ring (bicyclic) bond motifs is 3. The van der Waals surface area contributed by atoms with Crippen LogP contribution in [0.3, 0.4) is 0 Å². The first-order valence-corrected chi connectivity index (χ1v) is 15.5. The Morgan fingerprint density at radius 3 is 2.36 bits per heavy atom. The van der Waals surface area contributed by atoms with Gasteiger partial charge in [0.05, 0.1) is 12.1 Å². The Bertz CT molecular complexity index is 1650. The quantitative estimate of drug-likeness (QED) is 0.298. The molecule has 1 aliphatic carbocycles. The minimum atomic E-state index is -0.767. The third-order valence-corrected chi connectivity index (χ3v) is 9.44. The van der Waals surface area contributed by atoms with Gasteiger partial charge in [-0.05, 0) is 68.0 Å². The molecule has 1 saturated carbocycles. The number of pyridine rings is 1. The van der Waals surface area contributed by atoms with Crippen LogP contribution < -0.4 is 15.1 Å². The van der Waals surface area contributed by atoms with E-state index in [0.717, 1.165) is 78.7 Å². The first kappa shape index (κ1) is 28.2. The largest absolute Gasteiger partial charge is 0.480 e. The number of piperazine rings is 1. The number of amides is 1. The Morgan fingerprint density at radius 2 is 1.68 bits per heavy atom. The molecule has 2 atom stereocenters. The van der Waals surface area contributed by atoms with Crippen LogP contribution in [0.5, 0.6) is 0 Å². The van der Waals surface area contributed by atoms with E-state index in [-0.39, 0.29) is 30.6 Å². The number of hydrogen-bond acceptors (Lipinski definition) is 8. The summed E-state index contributed by atoms with van der Waals surface area (Å²) in [4.78, 5) is 44.2. The number of nitrogens with zero attached hydrogens (tertiary/aromatic N) is 6. The average molecular weight is 592 g/mol. The first-order valence-electron chi connectivity index (χ1n) is 15.5.